The normalized spacial score (nSPS) is 14.6. The van der Waals surface area contributed by atoms with Gasteiger partial charge in [-0.3, -0.25) is 0 Å². The minimum atomic E-state index is -0.177. The Bertz CT molecular complexity index is 354. The summed E-state index contributed by atoms with van der Waals surface area (Å²) in [4.78, 5) is 0. The molecule has 0 saturated carbocycles. The lowest BCUT2D eigenvalue weighted by molar-refractivity contribution is 0.398. The Morgan fingerprint density at radius 1 is 1.35 bits per heavy atom. The van der Waals surface area contributed by atoms with E-state index in [2.05, 4.69) is 19.2 Å². The molecule has 2 atom stereocenters. The van der Waals surface area contributed by atoms with Crippen molar-refractivity contribution in [3.8, 4) is 0 Å². The lowest BCUT2D eigenvalue weighted by Crippen LogP contribution is -2.23. The quantitative estimate of drug-likeness (QED) is 0.787. The third kappa shape index (κ3) is 4.29. The average Bonchev–Trinajstić information content (AvgIpc) is 2.31. The molecule has 3 heteroatoms. The van der Waals surface area contributed by atoms with Crippen LogP contribution in [0.25, 0.3) is 0 Å². The van der Waals surface area contributed by atoms with Crippen LogP contribution in [-0.2, 0) is 0 Å². The van der Waals surface area contributed by atoms with Crippen molar-refractivity contribution in [2.45, 2.75) is 39.7 Å². The van der Waals surface area contributed by atoms with Crippen LogP contribution < -0.4 is 5.32 Å². The molecule has 0 radical (unpaired) electrons. The fourth-order valence-electron chi connectivity index (χ4n) is 1.92. The largest absolute Gasteiger partial charge is 0.310 e. The Morgan fingerprint density at radius 3 is 2.65 bits per heavy atom. The zero-order chi connectivity index (χ0) is 12.8. The van der Waals surface area contributed by atoms with Crippen molar-refractivity contribution in [3.05, 3.63) is 34.6 Å². The molecule has 1 nitrogen and oxygen atoms in total. The molecule has 1 rings (SSSR count). The average molecular weight is 258 g/mol. The molecule has 1 N–H and O–H groups in total. The number of nitrogens with one attached hydrogen (secondary N) is 1. The van der Waals surface area contributed by atoms with Crippen LogP contribution in [0, 0.1) is 11.7 Å². The molecule has 17 heavy (non-hydrogen) atoms. The van der Waals surface area contributed by atoms with Crippen LogP contribution in [0.2, 0.25) is 5.02 Å². The second kappa shape index (κ2) is 6.97. The Morgan fingerprint density at radius 2 is 2.06 bits per heavy atom. The Labute approximate surface area is 108 Å². The molecule has 0 fully saturated rings. The van der Waals surface area contributed by atoms with Crippen LogP contribution in [0.5, 0.6) is 0 Å². The molecule has 0 amide bonds. The van der Waals surface area contributed by atoms with Crippen molar-refractivity contribution >= 4 is 11.6 Å². The van der Waals surface area contributed by atoms with Crippen molar-refractivity contribution < 1.29 is 4.39 Å². The third-order valence-electron chi connectivity index (χ3n) is 3.12. The van der Waals surface area contributed by atoms with Crippen LogP contribution >= 0.6 is 11.6 Å². The number of hydrogen-bond acceptors (Lipinski definition) is 1. The predicted octanol–water partition coefficient (Wildman–Crippen LogP) is 4.57. The number of rotatable bonds is 6. The fourth-order valence-corrected chi connectivity index (χ4v) is 2.10. The van der Waals surface area contributed by atoms with E-state index >= 15 is 0 Å². The van der Waals surface area contributed by atoms with Crippen LogP contribution in [0.1, 0.15) is 45.2 Å². The first-order chi connectivity index (χ1) is 8.08. The summed E-state index contributed by atoms with van der Waals surface area (Å²) in [6.45, 7) is 7.20. The molecule has 1 aromatic carbocycles. The number of benzene rings is 1. The zero-order valence-electron chi connectivity index (χ0n) is 10.8. The SMILES string of the molecule is CCNC(CC(C)CC)c1cc(Cl)ccc1F. The van der Waals surface area contributed by atoms with E-state index in [0.29, 0.717) is 16.5 Å². The highest BCUT2D eigenvalue weighted by Crippen LogP contribution is 2.27. The summed E-state index contributed by atoms with van der Waals surface area (Å²) >= 11 is 5.94. The molecule has 0 aromatic heterocycles. The Kier molecular flexibility index (Phi) is 5.93. The van der Waals surface area contributed by atoms with Crippen LogP contribution in [0.4, 0.5) is 4.39 Å². The van der Waals surface area contributed by atoms with Gasteiger partial charge >= 0.3 is 0 Å². The van der Waals surface area contributed by atoms with Gasteiger partial charge in [0.25, 0.3) is 0 Å². The molecular formula is C14H21ClFN. The van der Waals surface area contributed by atoms with Gasteiger partial charge in [0.15, 0.2) is 0 Å². The van der Waals surface area contributed by atoms with E-state index in [0.717, 1.165) is 19.4 Å². The molecule has 96 valence electrons. The Hall–Kier alpha value is -0.600. The summed E-state index contributed by atoms with van der Waals surface area (Å²) in [7, 11) is 0. The number of halogens is 2. The maximum Gasteiger partial charge on any atom is 0.128 e. The standard InChI is InChI=1S/C14H21ClFN/c1-4-10(3)8-14(17-5-2)12-9-11(15)6-7-13(12)16/h6-7,9-10,14,17H,4-5,8H2,1-3H3. The second-order valence-corrected chi connectivity index (χ2v) is 4.96. The molecular weight excluding hydrogens is 237 g/mol. The first kappa shape index (κ1) is 14.5. The van der Waals surface area contributed by atoms with E-state index in [4.69, 9.17) is 11.6 Å². The highest BCUT2D eigenvalue weighted by molar-refractivity contribution is 6.30. The molecule has 0 aliphatic rings. The van der Waals surface area contributed by atoms with Gasteiger partial charge in [-0.1, -0.05) is 38.8 Å². The first-order valence-corrected chi connectivity index (χ1v) is 6.64. The molecule has 0 bridgehead atoms. The van der Waals surface area contributed by atoms with Crippen molar-refractivity contribution in [1.82, 2.24) is 5.32 Å². The second-order valence-electron chi connectivity index (χ2n) is 4.53. The van der Waals surface area contributed by atoms with E-state index in [9.17, 15) is 4.39 Å². The minimum Gasteiger partial charge on any atom is -0.310 e. The highest BCUT2D eigenvalue weighted by Gasteiger charge is 2.17. The van der Waals surface area contributed by atoms with Crippen LogP contribution in [0.3, 0.4) is 0 Å². The van der Waals surface area contributed by atoms with Gasteiger partial charge in [-0.25, -0.2) is 4.39 Å². The van der Waals surface area contributed by atoms with Gasteiger partial charge in [-0.2, -0.15) is 0 Å². The molecule has 0 spiro atoms. The predicted molar refractivity (Wildman–Crippen MR) is 71.9 cm³/mol. The Balaban J connectivity index is 2.91. The lowest BCUT2D eigenvalue weighted by Gasteiger charge is -2.22. The van der Waals surface area contributed by atoms with E-state index in [-0.39, 0.29) is 11.9 Å². The molecule has 2 unspecified atom stereocenters. The molecule has 0 saturated heterocycles. The molecule has 0 aliphatic heterocycles. The van der Waals surface area contributed by atoms with Gasteiger partial charge in [0.2, 0.25) is 0 Å². The van der Waals surface area contributed by atoms with Gasteiger partial charge in [-0.15, -0.1) is 0 Å². The summed E-state index contributed by atoms with van der Waals surface area (Å²) < 4.78 is 13.8. The summed E-state index contributed by atoms with van der Waals surface area (Å²) in [5.41, 5.74) is 0.680. The molecule has 0 aliphatic carbocycles. The van der Waals surface area contributed by atoms with Crippen LogP contribution in [0.15, 0.2) is 18.2 Å². The van der Waals surface area contributed by atoms with Gasteiger partial charge in [0.05, 0.1) is 0 Å². The van der Waals surface area contributed by atoms with E-state index in [1.165, 1.54) is 6.07 Å². The lowest BCUT2D eigenvalue weighted by atomic mass is 9.94. The van der Waals surface area contributed by atoms with Crippen molar-refractivity contribution in [1.29, 1.82) is 0 Å². The zero-order valence-corrected chi connectivity index (χ0v) is 11.5. The van der Waals surface area contributed by atoms with Crippen LogP contribution in [-0.4, -0.2) is 6.54 Å². The van der Waals surface area contributed by atoms with Gasteiger partial charge in [0, 0.05) is 16.6 Å². The van der Waals surface area contributed by atoms with E-state index in [1.54, 1.807) is 12.1 Å². The summed E-state index contributed by atoms with van der Waals surface area (Å²) in [6, 6.07) is 4.81. The monoisotopic (exact) mass is 257 g/mol. The van der Waals surface area contributed by atoms with Gasteiger partial charge in [0.1, 0.15) is 5.82 Å². The fraction of sp³-hybridized carbons (Fsp3) is 0.571. The van der Waals surface area contributed by atoms with Crippen molar-refractivity contribution in [2.75, 3.05) is 6.54 Å². The summed E-state index contributed by atoms with van der Waals surface area (Å²) in [5, 5.41) is 3.92. The van der Waals surface area contributed by atoms with Crippen molar-refractivity contribution in [2.24, 2.45) is 5.92 Å². The van der Waals surface area contributed by atoms with E-state index < -0.39 is 0 Å². The maximum absolute atomic E-state index is 13.8. The number of hydrogen-bond donors (Lipinski definition) is 1. The minimum absolute atomic E-state index is 0.0497. The maximum atomic E-state index is 13.8. The summed E-state index contributed by atoms with van der Waals surface area (Å²) in [6.07, 6.45) is 2.03. The summed E-state index contributed by atoms with van der Waals surface area (Å²) in [5.74, 6) is 0.390. The third-order valence-corrected chi connectivity index (χ3v) is 3.35. The van der Waals surface area contributed by atoms with Crippen molar-refractivity contribution in [3.63, 3.8) is 0 Å². The highest BCUT2D eigenvalue weighted by atomic mass is 35.5. The van der Waals surface area contributed by atoms with E-state index in [1.807, 2.05) is 6.92 Å². The topological polar surface area (TPSA) is 12.0 Å². The first-order valence-electron chi connectivity index (χ1n) is 6.26. The molecule has 0 heterocycles. The smallest absolute Gasteiger partial charge is 0.128 e. The molecule has 1 aromatic rings. The van der Waals surface area contributed by atoms with Gasteiger partial charge in [-0.05, 0) is 37.1 Å². The van der Waals surface area contributed by atoms with Gasteiger partial charge < -0.3 is 5.32 Å².